The first-order valence-electron chi connectivity index (χ1n) is 7.48. The van der Waals surface area contributed by atoms with Gasteiger partial charge in [0.05, 0.1) is 11.4 Å². The predicted molar refractivity (Wildman–Crippen MR) is 89.7 cm³/mol. The fourth-order valence-electron chi connectivity index (χ4n) is 2.43. The number of carbonyl (C=O) groups is 1. The summed E-state index contributed by atoms with van der Waals surface area (Å²) >= 11 is 0. The van der Waals surface area contributed by atoms with Crippen LogP contribution >= 0.6 is 0 Å². The molecule has 0 saturated heterocycles. The van der Waals surface area contributed by atoms with E-state index in [9.17, 15) is 4.79 Å². The predicted octanol–water partition coefficient (Wildman–Crippen LogP) is 2.16. The van der Waals surface area contributed by atoms with Crippen LogP contribution in [0.4, 0.5) is 11.4 Å². The van der Waals surface area contributed by atoms with E-state index in [1.165, 1.54) is 0 Å². The van der Waals surface area contributed by atoms with Crippen LogP contribution in [0.3, 0.4) is 0 Å². The maximum Gasteiger partial charge on any atom is 0.251 e. The van der Waals surface area contributed by atoms with Gasteiger partial charge < -0.3 is 16.4 Å². The van der Waals surface area contributed by atoms with Crippen LogP contribution in [0.25, 0.3) is 0 Å². The lowest BCUT2D eigenvalue weighted by molar-refractivity contribution is 0.0963. The van der Waals surface area contributed by atoms with Crippen molar-refractivity contribution >= 4 is 17.3 Å². The number of nitrogens with two attached hydrogens (primary N) is 1. The van der Waals surface area contributed by atoms with Crippen molar-refractivity contribution in [3.05, 3.63) is 23.8 Å². The Morgan fingerprint density at radius 2 is 1.86 bits per heavy atom. The van der Waals surface area contributed by atoms with Crippen LogP contribution < -0.4 is 16.4 Å². The average Bonchev–Trinajstić information content (AvgIpc) is 2.43. The van der Waals surface area contributed by atoms with Crippen molar-refractivity contribution in [3.8, 4) is 0 Å². The van der Waals surface area contributed by atoms with Crippen LogP contribution in [0.1, 0.15) is 38.1 Å². The van der Waals surface area contributed by atoms with E-state index in [1.807, 2.05) is 0 Å². The van der Waals surface area contributed by atoms with Crippen molar-refractivity contribution in [1.29, 1.82) is 0 Å². The first-order valence-corrected chi connectivity index (χ1v) is 7.48. The van der Waals surface area contributed by atoms with Gasteiger partial charge in [0.25, 0.3) is 5.91 Å². The summed E-state index contributed by atoms with van der Waals surface area (Å²) in [6.45, 7) is 10.5. The Kier molecular flexibility index (Phi) is 6.49. The molecule has 5 nitrogen and oxygen atoms in total. The Morgan fingerprint density at radius 1 is 1.24 bits per heavy atom. The molecule has 1 amide bonds. The molecule has 0 aliphatic heterocycles. The van der Waals surface area contributed by atoms with E-state index < -0.39 is 0 Å². The van der Waals surface area contributed by atoms with Gasteiger partial charge in [-0.25, -0.2) is 0 Å². The van der Waals surface area contributed by atoms with E-state index in [0.29, 0.717) is 23.3 Å². The highest BCUT2D eigenvalue weighted by molar-refractivity contribution is 5.96. The minimum atomic E-state index is -0.107. The van der Waals surface area contributed by atoms with Crippen molar-refractivity contribution in [2.75, 3.05) is 31.2 Å². The maximum absolute atomic E-state index is 11.6. The van der Waals surface area contributed by atoms with Gasteiger partial charge in [0.1, 0.15) is 0 Å². The fraction of sp³-hybridized carbons (Fsp3) is 0.562. The highest BCUT2D eigenvalue weighted by atomic mass is 16.1. The van der Waals surface area contributed by atoms with E-state index in [0.717, 1.165) is 18.8 Å². The Morgan fingerprint density at radius 3 is 2.38 bits per heavy atom. The normalized spacial score (nSPS) is 11.2. The van der Waals surface area contributed by atoms with Crippen molar-refractivity contribution < 1.29 is 4.79 Å². The van der Waals surface area contributed by atoms with Gasteiger partial charge in [0.15, 0.2) is 0 Å². The number of anilines is 2. The number of hydrogen-bond donors (Lipinski definition) is 3. The number of rotatable bonds is 7. The third kappa shape index (κ3) is 4.93. The van der Waals surface area contributed by atoms with E-state index in [4.69, 9.17) is 5.73 Å². The topological polar surface area (TPSA) is 70.4 Å². The van der Waals surface area contributed by atoms with Gasteiger partial charge in [0.2, 0.25) is 0 Å². The van der Waals surface area contributed by atoms with Crippen LogP contribution in [0, 0.1) is 0 Å². The largest absolute Gasteiger partial charge is 0.397 e. The summed E-state index contributed by atoms with van der Waals surface area (Å²) in [4.78, 5) is 14.1. The Labute approximate surface area is 127 Å². The van der Waals surface area contributed by atoms with Crippen molar-refractivity contribution in [1.82, 2.24) is 10.2 Å². The number of carbonyl (C=O) groups excluding carboxylic acids is 1. The first-order chi connectivity index (χ1) is 9.86. The summed E-state index contributed by atoms with van der Waals surface area (Å²) in [7, 11) is 1.62. The number of nitrogen functional groups attached to an aromatic ring is 1. The van der Waals surface area contributed by atoms with Crippen LogP contribution in [-0.4, -0.2) is 43.0 Å². The Bertz CT molecular complexity index is 463. The molecule has 0 aliphatic carbocycles. The number of nitrogens with zero attached hydrogens (tertiary/aromatic N) is 1. The zero-order chi connectivity index (χ0) is 16.0. The van der Waals surface area contributed by atoms with Gasteiger partial charge >= 0.3 is 0 Å². The maximum atomic E-state index is 11.6. The van der Waals surface area contributed by atoms with Gasteiger partial charge in [0, 0.05) is 37.8 Å². The van der Waals surface area contributed by atoms with Crippen molar-refractivity contribution in [2.24, 2.45) is 0 Å². The molecule has 0 heterocycles. The lowest BCUT2D eigenvalue weighted by Gasteiger charge is -2.30. The smallest absolute Gasteiger partial charge is 0.251 e. The third-order valence-electron chi connectivity index (χ3n) is 3.55. The lowest BCUT2D eigenvalue weighted by atomic mass is 10.1. The molecule has 0 fully saturated rings. The van der Waals surface area contributed by atoms with Crippen LogP contribution in [0.15, 0.2) is 18.2 Å². The number of amides is 1. The van der Waals surface area contributed by atoms with Gasteiger partial charge in [-0.3, -0.25) is 9.69 Å². The lowest BCUT2D eigenvalue weighted by Crippen LogP contribution is -2.40. The average molecular weight is 292 g/mol. The molecule has 4 N–H and O–H groups in total. The molecule has 118 valence electrons. The summed E-state index contributed by atoms with van der Waals surface area (Å²) in [6.07, 6.45) is 0. The third-order valence-corrected chi connectivity index (χ3v) is 3.55. The molecule has 0 saturated carbocycles. The molecule has 5 heteroatoms. The van der Waals surface area contributed by atoms with Gasteiger partial charge in [-0.15, -0.1) is 0 Å². The molecule has 21 heavy (non-hydrogen) atoms. The van der Waals surface area contributed by atoms with E-state index in [2.05, 4.69) is 43.2 Å². The standard InChI is InChI=1S/C16H28N4O/c1-11(2)20(12(3)4)9-8-19-15-10-13(16(21)18-5)6-7-14(15)17/h6-7,10-12,19H,8-9,17H2,1-5H3,(H,18,21). The van der Waals surface area contributed by atoms with Crippen molar-refractivity contribution in [2.45, 2.75) is 39.8 Å². The molecule has 0 spiro atoms. The summed E-state index contributed by atoms with van der Waals surface area (Å²) < 4.78 is 0. The van der Waals surface area contributed by atoms with Crippen LogP contribution in [0.5, 0.6) is 0 Å². The molecular weight excluding hydrogens is 264 g/mol. The van der Waals surface area contributed by atoms with Gasteiger partial charge in [-0.2, -0.15) is 0 Å². The SMILES string of the molecule is CNC(=O)c1ccc(N)c(NCCN(C(C)C)C(C)C)c1. The fourth-order valence-corrected chi connectivity index (χ4v) is 2.43. The molecule has 1 aromatic carbocycles. The molecule has 0 bridgehead atoms. The minimum Gasteiger partial charge on any atom is -0.397 e. The summed E-state index contributed by atoms with van der Waals surface area (Å²) in [6, 6.07) is 6.29. The van der Waals surface area contributed by atoms with E-state index >= 15 is 0 Å². The summed E-state index contributed by atoms with van der Waals surface area (Å²) in [5.41, 5.74) is 8.03. The molecule has 1 aromatic rings. The monoisotopic (exact) mass is 292 g/mol. The zero-order valence-corrected chi connectivity index (χ0v) is 13.7. The molecule has 0 unspecified atom stereocenters. The number of hydrogen-bond acceptors (Lipinski definition) is 4. The highest BCUT2D eigenvalue weighted by Crippen LogP contribution is 2.20. The van der Waals surface area contributed by atoms with E-state index in [1.54, 1.807) is 25.2 Å². The first kappa shape index (κ1) is 17.3. The molecule has 0 aromatic heterocycles. The second-order valence-corrected chi connectivity index (χ2v) is 5.73. The zero-order valence-electron chi connectivity index (χ0n) is 13.7. The van der Waals surface area contributed by atoms with Crippen LogP contribution in [-0.2, 0) is 0 Å². The molecule has 1 rings (SSSR count). The van der Waals surface area contributed by atoms with Crippen LogP contribution in [0.2, 0.25) is 0 Å². The second-order valence-electron chi connectivity index (χ2n) is 5.73. The Hall–Kier alpha value is -1.75. The Balaban J connectivity index is 2.68. The van der Waals surface area contributed by atoms with Crippen molar-refractivity contribution in [3.63, 3.8) is 0 Å². The van der Waals surface area contributed by atoms with Gasteiger partial charge in [-0.1, -0.05) is 0 Å². The molecule has 0 aliphatic rings. The molecule has 0 radical (unpaired) electrons. The van der Waals surface area contributed by atoms with Gasteiger partial charge in [-0.05, 0) is 45.9 Å². The summed E-state index contributed by atoms with van der Waals surface area (Å²) in [5, 5.41) is 5.94. The number of nitrogens with one attached hydrogen (secondary N) is 2. The quantitative estimate of drug-likeness (QED) is 0.674. The minimum absolute atomic E-state index is 0.107. The molecular formula is C16H28N4O. The second kappa shape index (κ2) is 7.88. The van der Waals surface area contributed by atoms with E-state index in [-0.39, 0.29) is 5.91 Å². The molecule has 0 atom stereocenters. The summed E-state index contributed by atoms with van der Waals surface area (Å²) in [5.74, 6) is -0.107. The highest BCUT2D eigenvalue weighted by Gasteiger charge is 2.13. The number of benzene rings is 1.